The Kier molecular flexibility index (Phi) is 4.21. The molecule has 0 fully saturated rings. The van der Waals surface area contributed by atoms with Crippen LogP contribution in [0.5, 0.6) is 0 Å². The molecule has 0 saturated heterocycles. The highest BCUT2D eigenvalue weighted by Crippen LogP contribution is 2.10. The van der Waals surface area contributed by atoms with Crippen molar-refractivity contribution < 1.29 is 14.7 Å². The summed E-state index contributed by atoms with van der Waals surface area (Å²) in [5, 5.41) is 10.1. The maximum atomic E-state index is 10.8. The number of pyridine rings is 1. The fourth-order valence-corrected chi connectivity index (χ4v) is 1.23. The van der Waals surface area contributed by atoms with Gasteiger partial charge in [0.15, 0.2) is 0 Å². The van der Waals surface area contributed by atoms with Crippen molar-refractivity contribution in [3.63, 3.8) is 0 Å². The van der Waals surface area contributed by atoms with Gasteiger partial charge < -0.3 is 10.4 Å². The topological polar surface area (TPSA) is 83.7 Å². The van der Waals surface area contributed by atoms with Crippen LogP contribution >= 0.6 is 0 Å². The number of nitrogens with zero attached hydrogens (tertiary/aromatic N) is 2. The van der Waals surface area contributed by atoms with Gasteiger partial charge in [-0.15, -0.1) is 0 Å². The second-order valence-corrected chi connectivity index (χ2v) is 3.27. The smallest absolute Gasteiger partial charge is 0.300 e. The minimum absolute atomic E-state index is 0.0822. The number of hydrogen-bond acceptors (Lipinski definition) is 3. The zero-order chi connectivity index (χ0) is 12.8. The third-order valence-electron chi connectivity index (χ3n) is 1.73. The van der Waals surface area contributed by atoms with Crippen LogP contribution in [0.2, 0.25) is 0 Å². The van der Waals surface area contributed by atoms with Gasteiger partial charge in [0.1, 0.15) is 11.5 Å². The molecule has 2 N–H and O–H groups in total. The van der Waals surface area contributed by atoms with Crippen molar-refractivity contribution in [3.8, 4) is 0 Å². The van der Waals surface area contributed by atoms with E-state index in [-0.39, 0.29) is 5.91 Å². The van der Waals surface area contributed by atoms with Crippen LogP contribution in [-0.2, 0) is 9.59 Å². The number of imidazole rings is 1. The maximum absolute atomic E-state index is 10.8. The average Bonchev–Trinajstić information content (AvgIpc) is 2.64. The van der Waals surface area contributed by atoms with E-state index in [9.17, 15) is 4.79 Å². The zero-order valence-corrected chi connectivity index (χ0v) is 9.54. The van der Waals surface area contributed by atoms with Gasteiger partial charge in [0.05, 0.1) is 0 Å². The first kappa shape index (κ1) is 12.7. The van der Waals surface area contributed by atoms with Crippen molar-refractivity contribution in [2.45, 2.75) is 13.8 Å². The van der Waals surface area contributed by atoms with Crippen molar-refractivity contribution >= 4 is 23.3 Å². The minimum atomic E-state index is -0.833. The Hall–Kier alpha value is -2.37. The van der Waals surface area contributed by atoms with Crippen LogP contribution in [0.3, 0.4) is 0 Å². The molecule has 0 spiro atoms. The monoisotopic (exact) mass is 235 g/mol. The normalized spacial score (nSPS) is 9.29. The van der Waals surface area contributed by atoms with Gasteiger partial charge in [-0.05, 0) is 12.1 Å². The predicted octanol–water partition coefficient (Wildman–Crippen LogP) is 1.38. The second kappa shape index (κ2) is 5.64. The fraction of sp³-hybridized carbons (Fsp3) is 0.182. The number of hydrogen-bond donors (Lipinski definition) is 2. The lowest BCUT2D eigenvalue weighted by atomic mass is 10.4. The number of aliphatic carboxylic acids is 1. The summed E-state index contributed by atoms with van der Waals surface area (Å²) >= 11 is 0. The lowest BCUT2D eigenvalue weighted by Gasteiger charge is -2.04. The van der Waals surface area contributed by atoms with Crippen LogP contribution in [0, 0.1) is 0 Å². The number of carbonyl (C=O) groups is 2. The summed E-state index contributed by atoms with van der Waals surface area (Å²) in [5.41, 5.74) is 0.825. The summed E-state index contributed by atoms with van der Waals surface area (Å²) in [5.74, 6) is -0.177. The van der Waals surface area contributed by atoms with Gasteiger partial charge in [0.2, 0.25) is 5.91 Å². The van der Waals surface area contributed by atoms with E-state index in [0.717, 1.165) is 18.4 Å². The number of anilines is 1. The third-order valence-corrected chi connectivity index (χ3v) is 1.73. The third kappa shape index (κ3) is 3.94. The molecular formula is C11H13N3O3. The quantitative estimate of drug-likeness (QED) is 0.782. The highest BCUT2D eigenvalue weighted by Gasteiger charge is 2.00. The van der Waals surface area contributed by atoms with Crippen LogP contribution in [0.15, 0.2) is 30.6 Å². The van der Waals surface area contributed by atoms with Crippen molar-refractivity contribution in [2.75, 3.05) is 5.32 Å². The van der Waals surface area contributed by atoms with Gasteiger partial charge in [0, 0.05) is 26.2 Å². The molecule has 6 heteroatoms. The molecule has 0 saturated carbocycles. The molecule has 1 amide bonds. The molecule has 0 bridgehead atoms. The second-order valence-electron chi connectivity index (χ2n) is 3.27. The first-order valence-electron chi connectivity index (χ1n) is 4.90. The van der Waals surface area contributed by atoms with E-state index in [1.54, 1.807) is 12.4 Å². The molecule has 2 heterocycles. The number of carboxylic acid groups (broad SMARTS) is 1. The molecule has 0 aliphatic carbocycles. The summed E-state index contributed by atoms with van der Waals surface area (Å²) in [6, 6.07) is 5.56. The molecule has 0 aliphatic rings. The number of rotatable bonds is 1. The predicted molar refractivity (Wildman–Crippen MR) is 62.8 cm³/mol. The van der Waals surface area contributed by atoms with E-state index in [1.165, 1.54) is 6.92 Å². The Balaban J connectivity index is 0.000000317. The van der Waals surface area contributed by atoms with E-state index in [0.29, 0.717) is 0 Å². The lowest BCUT2D eigenvalue weighted by molar-refractivity contribution is -0.134. The SMILES string of the molecule is CC(=O)Nc1cccc2nccn12.CC(=O)O. The number of nitrogens with one attached hydrogen (secondary N) is 1. The molecule has 17 heavy (non-hydrogen) atoms. The van der Waals surface area contributed by atoms with Crippen LogP contribution < -0.4 is 5.32 Å². The summed E-state index contributed by atoms with van der Waals surface area (Å²) in [7, 11) is 0. The molecule has 0 aromatic carbocycles. The van der Waals surface area contributed by atoms with Crippen molar-refractivity contribution in [1.82, 2.24) is 9.38 Å². The van der Waals surface area contributed by atoms with Gasteiger partial charge in [-0.1, -0.05) is 6.07 Å². The summed E-state index contributed by atoms with van der Waals surface area (Å²) < 4.78 is 1.82. The van der Waals surface area contributed by atoms with Gasteiger partial charge in [-0.25, -0.2) is 4.98 Å². The fourth-order valence-electron chi connectivity index (χ4n) is 1.23. The molecule has 2 aromatic heterocycles. The van der Waals surface area contributed by atoms with Gasteiger partial charge in [-0.3, -0.25) is 14.0 Å². The number of aromatic nitrogens is 2. The van der Waals surface area contributed by atoms with E-state index in [2.05, 4.69) is 10.3 Å². The first-order chi connectivity index (χ1) is 8.00. The molecule has 0 radical (unpaired) electrons. The molecule has 0 aliphatic heterocycles. The summed E-state index contributed by atoms with van der Waals surface area (Å²) in [4.78, 5) is 23.9. The standard InChI is InChI=1S/C9H9N3O.C2H4O2/c1-7(13)11-9-4-2-3-8-10-5-6-12(8)9;1-2(3)4/h2-6H,1H3,(H,11,13);1H3,(H,3,4). The first-order valence-corrected chi connectivity index (χ1v) is 4.90. The van der Waals surface area contributed by atoms with Crippen LogP contribution in [0.4, 0.5) is 5.82 Å². The number of amides is 1. The summed E-state index contributed by atoms with van der Waals surface area (Å²) in [6.07, 6.45) is 3.50. The Morgan fingerprint density at radius 2 is 2.00 bits per heavy atom. The Morgan fingerprint density at radius 1 is 1.35 bits per heavy atom. The van der Waals surface area contributed by atoms with Crippen LogP contribution in [0.1, 0.15) is 13.8 Å². The maximum Gasteiger partial charge on any atom is 0.300 e. The molecule has 0 atom stereocenters. The number of carbonyl (C=O) groups excluding carboxylic acids is 1. The van der Waals surface area contributed by atoms with E-state index < -0.39 is 5.97 Å². The average molecular weight is 235 g/mol. The molecular weight excluding hydrogens is 222 g/mol. The van der Waals surface area contributed by atoms with Crippen LogP contribution in [0.25, 0.3) is 5.65 Å². The van der Waals surface area contributed by atoms with Gasteiger partial charge in [-0.2, -0.15) is 0 Å². The number of fused-ring (bicyclic) bond motifs is 1. The zero-order valence-electron chi connectivity index (χ0n) is 9.54. The highest BCUT2D eigenvalue weighted by atomic mass is 16.4. The summed E-state index contributed by atoms with van der Waals surface area (Å²) in [6.45, 7) is 2.57. The Morgan fingerprint density at radius 3 is 2.59 bits per heavy atom. The number of carboxylic acids is 1. The molecule has 2 aromatic rings. The molecule has 90 valence electrons. The molecule has 6 nitrogen and oxygen atoms in total. The molecule has 2 rings (SSSR count). The van der Waals surface area contributed by atoms with E-state index in [1.807, 2.05) is 22.6 Å². The minimum Gasteiger partial charge on any atom is -0.481 e. The Labute approximate surface area is 97.9 Å². The van der Waals surface area contributed by atoms with Crippen LogP contribution in [-0.4, -0.2) is 26.4 Å². The largest absolute Gasteiger partial charge is 0.481 e. The van der Waals surface area contributed by atoms with Gasteiger partial charge in [0.25, 0.3) is 5.97 Å². The van der Waals surface area contributed by atoms with E-state index in [4.69, 9.17) is 9.90 Å². The Bertz CT molecular complexity index is 529. The van der Waals surface area contributed by atoms with Crippen molar-refractivity contribution in [1.29, 1.82) is 0 Å². The van der Waals surface area contributed by atoms with Crippen molar-refractivity contribution in [3.05, 3.63) is 30.6 Å². The highest BCUT2D eigenvalue weighted by molar-refractivity contribution is 5.88. The lowest BCUT2D eigenvalue weighted by Crippen LogP contribution is -2.08. The van der Waals surface area contributed by atoms with Gasteiger partial charge >= 0.3 is 0 Å². The molecule has 0 unspecified atom stereocenters. The van der Waals surface area contributed by atoms with E-state index >= 15 is 0 Å². The van der Waals surface area contributed by atoms with Crippen molar-refractivity contribution in [2.24, 2.45) is 0 Å².